The fourth-order valence-electron chi connectivity index (χ4n) is 11.2. The monoisotopic (exact) mass is 802 g/mol. The van der Waals surface area contributed by atoms with Gasteiger partial charge in [-0.1, -0.05) is 176 Å². The Morgan fingerprint density at radius 2 is 0.905 bits per heavy atom. The van der Waals surface area contributed by atoms with E-state index in [-0.39, 0.29) is 0 Å². The van der Waals surface area contributed by atoms with Crippen molar-refractivity contribution in [3.05, 3.63) is 258 Å². The topological polar surface area (TPSA) is 9.86 Å². The Morgan fingerprint density at radius 1 is 0.333 bits per heavy atom. The predicted molar refractivity (Wildman–Crippen MR) is 264 cm³/mol. The van der Waals surface area contributed by atoms with Crippen molar-refractivity contribution >= 4 is 54.9 Å². The number of hydrogen-bond donors (Lipinski definition) is 0. The Bertz CT molecular complexity index is 3610. The van der Waals surface area contributed by atoms with E-state index in [0.29, 0.717) is 0 Å². The van der Waals surface area contributed by atoms with Crippen LogP contribution in [-0.4, -0.2) is 9.13 Å². The molecule has 11 aromatic rings. The lowest BCUT2D eigenvalue weighted by molar-refractivity contribution is 0.770. The minimum Gasteiger partial charge on any atom is -0.313 e. The van der Waals surface area contributed by atoms with Crippen LogP contribution in [0.2, 0.25) is 0 Å². The molecule has 2 aromatic heterocycles. The van der Waals surface area contributed by atoms with Crippen LogP contribution in [0.25, 0.3) is 82.8 Å². The first kappa shape index (κ1) is 35.8. The van der Waals surface area contributed by atoms with Gasteiger partial charge in [-0.05, 0) is 123 Å². The summed E-state index contributed by atoms with van der Waals surface area (Å²) in [4.78, 5) is 0. The van der Waals surface area contributed by atoms with Gasteiger partial charge in [-0.3, -0.25) is 0 Å². The summed E-state index contributed by atoms with van der Waals surface area (Å²) in [5.41, 5.74) is 19.8. The zero-order valence-corrected chi connectivity index (χ0v) is 34.7. The number of para-hydroxylation sites is 2. The van der Waals surface area contributed by atoms with Crippen molar-refractivity contribution in [2.45, 2.75) is 18.3 Å². The SMILES string of the molecule is C1=C(c2ccccc2)CCC(n2c3ccc(-c4ccc5c6ccccc6n(-c6ccccc6)c5c4)cc3c3cc(C4(c5ccccc5)c5ccccc5-c5ccccc54)ccc32)=C1. The zero-order valence-electron chi connectivity index (χ0n) is 34.7. The van der Waals surface area contributed by atoms with E-state index in [1.54, 1.807) is 0 Å². The minimum atomic E-state index is -0.484. The Labute approximate surface area is 367 Å². The van der Waals surface area contributed by atoms with Crippen molar-refractivity contribution in [2.75, 3.05) is 0 Å². The van der Waals surface area contributed by atoms with Crippen LogP contribution >= 0.6 is 0 Å². The first-order valence-corrected chi connectivity index (χ1v) is 22.1. The van der Waals surface area contributed by atoms with Gasteiger partial charge in [-0.2, -0.15) is 0 Å². The molecule has 0 aliphatic heterocycles. The summed E-state index contributed by atoms with van der Waals surface area (Å²) in [6.45, 7) is 0. The highest BCUT2D eigenvalue weighted by molar-refractivity contribution is 6.13. The van der Waals surface area contributed by atoms with E-state index in [2.05, 4.69) is 240 Å². The number of allylic oxidation sites excluding steroid dienone is 4. The molecular formula is C61H42N2. The van der Waals surface area contributed by atoms with Gasteiger partial charge < -0.3 is 9.13 Å². The molecule has 2 heteroatoms. The number of nitrogens with zero attached hydrogens (tertiary/aromatic N) is 2. The Hall–Kier alpha value is -7.94. The lowest BCUT2D eigenvalue weighted by Gasteiger charge is -2.34. The molecule has 296 valence electrons. The standard InChI is InChI=1S/C61H42N2/c1-4-16-41(17-5-1)42-28-33-48(34-29-42)62-58-36-31-43(44-30-35-52-51-24-12-15-27-57(51)63(60(52)39-44)47-20-8-3-9-21-47)38-53(58)54-40-46(32-37-59(54)62)61(45-18-6-2-7-19-45)55-25-13-10-22-49(55)50-23-11-14-26-56(50)61/h1-28,30-33,35-40H,29,34H2. The van der Waals surface area contributed by atoms with Gasteiger partial charge in [0.25, 0.3) is 0 Å². The van der Waals surface area contributed by atoms with Crippen LogP contribution in [0.15, 0.2) is 231 Å². The lowest BCUT2D eigenvalue weighted by Crippen LogP contribution is -2.28. The molecule has 2 nitrogen and oxygen atoms in total. The van der Waals surface area contributed by atoms with E-state index >= 15 is 0 Å². The maximum atomic E-state index is 2.54. The number of aromatic nitrogens is 2. The number of hydrogen-bond acceptors (Lipinski definition) is 0. The fraction of sp³-hybridized carbons (Fsp3) is 0.0492. The third kappa shape index (κ3) is 5.31. The fourth-order valence-corrected chi connectivity index (χ4v) is 11.2. The molecule has 9 aromatic carbocycles. The normalized spacial score (nSPS) is 14.2. The van der Waals surface area contributed by atoms with E-state index in [0.717, 1.165) is 12.8 Å². The molecule has 0 fully saturated rings. The van der Waals surface area contributed by atoms with E-state index in [1.165, 1.54) is 111 Å². The zero-order chi connectivity index (χ0) is 41.5. The molecule has 2 heterocycles. The van der Waals surface area contributed by atoms with E-state index in [9.17, 15) is 0 Å². The molecular weight excluding hydrogens is 761 g/mol. The maximum absolute atomic E-state index is 2.54. The van der Waals surface area contributed by atoms with Crippen LogP contribution in [0.4, 0.5) is 0 Å². The van der Waals surface area contributed by atoms with Gasteiger partial charge >= 0.3 is 0 Å². The average Bonchev–Trinajstić information content (AvgIpc) is 3.98. The molecule has 63 heavy (non-hydrogen) atoms. The molecule has 0 N–H and O–H groups in total. The molecule has 2 aliphatic carbocycles. The first-order valence-electron chi connectivity index (χ1n) is 22.1. The van der Waals surface area contributed by atoms with Crippen molar-refractivity contribution in [1.29, 1.82) is 0 Å². The third-order valence-corrected chi connectivity index (χ3v) is 13.9. The average molecular weight is 803 g/mol. The van der Waals surface area contributed by atoms with Gasteiger partial charge in [-0.15, -0.1) is 0 Å². The second-order valence-corrected chi connectivity index (χ2v) is 17.1. The summed E-state index contributed by atoms with van der Waals surface area (Å²) in [6.07, 6.45) is 6.65. The van der Waals surface area contributed by atoms with Gasteiger partial charge in [0.15, 0.2) is 0 Å². The highest BCUT2D eigenvalue weighted by Gasteiger charge is 2.46. The van der Waals surface area contributed by atoms with Gasteiger partial charge in [0, 0.05) is 32.9 Å². The molecule has 0 radical (unpaired) electrons. The third-order valence-electron chi connectivity index (χ3n) is 13.9. The number of rotatable bonds is 6. The summed E-state index contributed by atoms with van der Waals surface area (Å²) in [5.74, 6) is 0. The van der Waals surface area contributed by atoms with Crippen molar-refractivity contribution in [3.63, 3.8) is 0 Å². The second-order valence-electron chi connectivity index (χ2n) is 17.1. The first-order chi connectivity index (χ1) is 31.3. The minimum absolute atomic E-state index is 0.484. The van der Waals surface area contributed by atoms with Crippen LogP contribution in [0.5, 0.6) is 0 Å². The Morgan fingerprint density at radius 3 is 1.63 bits per heavy atom. The lowest BCUT2D eigenvalue weighted by atomic mass is 9.67. The van der Waals surface area contributed by atoms with E-state index < -0.39 is 5.41 Å². The largest absolute Gasteiger partial charge is 0.313 e. The molecule has 0 atom stereocenters. The van der Waals surface area contributed by atoms with Crippen LogP contribution in [-0.2, 0) is 5.41 Å². The van der Waals surface area contributed by atoms with Crippen molar-refractivity contribution in [3.8, 4) is 27.9 Å². The molecule has 0 bridgehead atoms. The van der Waals surface area contributed by atoms with Crippen LogP contribution in [0, 0.1) is 0 Å². The van der Waals surface area contributed by atoms with Crippen molar-refractivity contribution in [1.82, 2.24) is 9.13 Å². The van der Waals surface area contributed by atoms with E-state index in [1.807, 2.05) is 0 Å². The van der Waals surface area contributed by atoms with Gasteiger partial charge in [0.2, 0.25) is 0 Å². The summed E-state index contributed by atoms with van der Waals surface area (Å²) < 4.78 is 4.95. The quantitative estimate of drug-likeness (QED) is 0.158. The number of fused-ring (bicyclic) bond motifs is 9. The van der Waals surface area contributed by atoms with Gasteiger partial charge in [0.05, 0.1) is 27.5 Å². The highest BCUT2D eigenvalue weighted by atomic mass is 15.0. The van der Waals surface area contributed by atoms with Crippen LogP contribution in [0.3, 0.4) is 0 Å². The Kier molecular flexibility index (Phi) is 7.98. The molecule has 2 aliphatic rings. The summed E-state index contributed by atoms with van der Waals surface area (Å²) in [6, 6.07) is 81.1. The van der Waals surface area contributed by atoms with Gasteiger partial charge in [-0.25, -0.2) is 0 Å². The summed E-state index contributed by atoms with van der Waals surface area (Å²) in [5, 5.41) is 5.05. The summed E-state index contributed by atoms with van der Waals surface area (Å²) in [7, 11) is 0. The smallest absolute Gasteiger partial charge is 0.0713 e. The van der Waals surface area contributed by atoms with Crippen molar-refractivity contribution < 1.29 is 0 Å². The van der Waals surface area contributed by atoms with E-state index in [4.69, 9.17) is 0 Å². The highest BCUT2D eigenvalue weighted by Crippen LogP contribution is 2.56. The van der Waals surface area contributed by atoms with Crippen LogP contribution in [0.1, 0.15) is 40.7 Å². The van der Waals surface area contributed by atoms with Crippen molar-refractivity contribution in [2.24, 2.45) is 0 Å². The summed E-state index contributed by atoms with van der Waals surface area (Å²) >= 11 is 0. The molecule has 0 saturated heterocycles. The maximum Gasteiger partial charge on any atom is 0.0713 e. The van der Waals surface area contributed by atoms with Crippen LogP contribution < -0.4 is 0 Å². The molecule has 0 saturated carbocycles. The second kappa shape index (κ2) is 14.1. The Balaban J connectivity index is 1.07. The molecule has 0 amide bonds. The molecule has 0 spiro atoms. The predicted octanol–water partition coefficient (Wildman–Crippen LogP) is 15.6. The van der Waals surface area contributed by atoms with Gasteiger partial charge in [0.1, 0.15) is 0 Å². The molecule has 13 rings (SSSR count). The number of benzene rings is 9. The molecule has 0 unspecified atom stereocenters.